The van der Waals surface area contributed by atoms with Gasteiger partial charge >= 0.3 is 0 Å². The summed E-state index contributed by atoms with van der Waals surface area (Å²) in [4.78, 5) is 18.4. The van der Waals surface area contributed by atoms with Gasteiger partial charge in [-0.2, -0.15) is 0 Å². The van der Waals surface area contributed by atoms with Gasteiger partial charge in [0.2, 0.25) is 0 Å². The van der Waals surface area contributed by atoms with Crippen molar-refractivity contribution in [2.45, 2.75) is 19.9 Å². The van der Waals surface area contributed by atoms with Crippen LogP contribution in [0.15, 0.2) is 48.7 Å². The lowest BCUT2D eigenvalue weighted by atomic mass is 10.1. The molecule has 0 amide bonds. The summed E-state index contributed by atoms with van der Waals surface area (Å²) in [6, 6.07) is 12.1. The third kappa shape index (κ3) is 4.76. The molecule has 0 atom stereocenters. The molecule has 0 saturated carbocycles. The van der Waals surface area contributed by atoms with Crippen molar-refractivity contribution in [1.82, 2.24) is 9.88 Å². The van der Waals surface area contributed by atoms with Crippen LogP contribution in [-0.4, -0.2) is 28.8 Å². The second-order valence-electron chi connectivity index (χ2n) is 4.93. The number of halogens is 1. The third-order valence-electron chi connectivity index (χ3n) is 3.30. The summed E-state index contributed by atoms with van der Waals surface area (Å²) in [7, 11) is 0. The van der Waals surface area contributed by atoms with E-state index >= 15 is 0 Å². The van der Waals surface area contributed by atoms with Crippen molar-refractivity contribution in [3.63, 3.8) is 0 Å². The monoisotopic (exact) mass is 286 g/mol. The van der Waals surface area contributed by atoms with Gasteiger partial charge in [-0.3, -0.25) is 14.7 Å². The summed E-state index contributed by atoms with van der Waals surface area (Å²) < 4.78 is 13.5. The normalized spacial score (nSPS) is 10.8. The molecule has 0 aliphatic carbocycles. The fourth-order valence-electron chi connectivity index (χ4n) is 2.16. The second kappa shape index (κ2) is 7.64. The molecule has 0 bridgehead atoms. The fraction of sp³-hybridized carbons (Fsp3) is 0.294. The highest BCUT2D eigenvalue weighted by Gasteiger charge is 2.12. The van der Waals surface area contributed by atoms with E-state index in [0.29, 0.717) is 18.7 Å². The number of nitrogens with zero attached hydrogens (tertiary/aromatic N) is 2. The van der Waals surface area contributed by atoms with E-state index in [0.717, 1.165) is 12.2 Å². The van der Waals surface area contributed by atoms with Crippen molar-refractivity contribution in [1.29, 1.82) is 0 Å². The quantitative estimate of drug-likeness (QED) is 0.784. The summed E-state index contributed by atoms with van der Waals surface area (Å²) in [6.45, 7) is 3.68. The Balaban J connectivity index is 1.92. The average molecular weight is 286 g/mol. The summed E-state index contributed by atoms with van der Waals surface area (Å²) in [5, 5.41) is 0. The Hall–Kier alpha value is -2.07. The van der Waals surface area contributed by atoms with Crippen molar-refractivity contribution >= 4 is 5.78 Å². The van der Waals surface area contributed by atoms with Crippen molar-refractivity contribution in [3.8, 4) is 0 Å². The van der Waals surface area contributed by atoms with Crippen LogP contribution in [0.3, 0.4) is 0 Å². The average Bonchev–Trinajstić information content (AvgIpc) is 2.50. The van der Waals surface area contributed by atoms with Crippen molar-refractivity contribution < 1.29 is 9.18 Å². The Kier molecular flexibility index (Phi) is 5.58. The van der Waals surface area contributed by atoms with Gasteiger partial charge in [0.15, 0.2) is 5.78 Å². The van der Waals surface area contributed by atoms with Crippen LogP contribution in [0.1, 0.15) is 18.2 Å². The molecule has 1 aromatic heterocycles. The van der Waals surface area contributed by atoms with E-state index in [4.69, 9.17) is 0 Å². The number of carbonyl (C=O) groups excluding carboxylic acids is 1. The number of likely N-dealkylation sites (N-methyl/N-ethyl adjacent to an activating group) is 1. The second-order valence-corrected chi connectivity index (χ2v) is 4.93. The van der Waals surface area contributed by atoms with E-state index < -0.39 is 0 Å². The molecule has 0 unspecified atom stereocenters. The maximum absolute atomic E-state index is 13.5. The van der Waals surface area contributed by atoms with Crippen LogP contribution in [-0.2, 0) is 17.8 Å². The highest BCUT2D eigenvalue weighted by atomic mass is 19.1. The summed E-state index contributed by atoms with van der Waals surface area (Å²) >= 11 is 0. The van der Waals surface area contributed by atoms with Gasteiger partial charge in [-0.25, -0.2) is 4.39 Å². The molecule has 0 aliphatic rings. The zero-order valence-corrected chi connectivity index (χ0v) is 12.1. The molecule has 0 spiro atoms. The Morgan fingerprint density at radius 2 is 1.95 bits per heavy atom. The number of benzene rings is 1. The zero-order valence-electron chi connectivity index (χ0n) is 12.1. The van der Waals surface area contributed by atoms with E-state index in [1.807, 2.05) is 30.0 Å². The molecule has 0 aliphatic heterocycles. The van der Waals surface area contributed by atoms with Gasteiger partial charge in [0.25, 0.3) is 0 Å². The minimum atomic E-state index is -0.321. The molecule has 0 N–H and O–H groups in total. The fourth-order valence-corrected chi connectivity index (χ4v) is 2.16. The number of carbonyl (C=O) groups is 1. The predicted octanol–water partition coefficient (Wildman–Crippen LogP) is 2.85. The molecule has 2 aromatic rings. The molecule has 4 heteroatoms. The SMILES string of the molecule is CCN(CC(=O)Cc1ccccc1F)Cc1ccccn1. The molecule has 1 aromatic carbocycles. The molecule has 110 valence electrons. The summed E-state index contributed by atoms with van der Waals surface area (Å²) in [5.74, 6) is -0.309. The van der Waals surface area contributed by atoms with Gasteiger partial charge in [0.1, 0.15) is 5.82 Å². The number of hydrogen-bond donors (Lipinski definition) is 0. The van der Waals surface area contributed by atoms with Gasteiger partial charge in [-0.1, -0.05) is 31.2 Å². The number of rotatable bonds is 7. The molecular formula is C17H19FN2O. The number of ketones is 1. The van der Waals surface area contributed by atoms with Gasteiger partial charge in [-0.15, -0.1) is 0 Å². The van der Waals surface area contributed by atoms with E-state index in [9.17, 15) is 9.18 Å². The highest BCUT2D eigenvalue weighted by molar-refractivity contribution is 5.82. The van der Waals surface area contributed by atoms with Crippen LogP contribution in [0.25, 0.3) is 0 Å². The molecule has 3 nitrogen and oxygen atoms in total. The highest BCUT2D eigenvalue weighted by Crippen LogP contribution is 2.08. The van der Waals surface area contributed by atoms with Crippen LogP contribution in [0.4, 0.5) is 4.39 Å². The van der Waals surface area contributed by atoms with Crippen molar-refractivity contribution in [2.75, 3.05) is 13.1 Å². The zero-order chi connectivity index (χ0) is 15.1. The first-order valence-corrected chi connectivity index (χ1v) is 7.06. The van der Waals surface area contributed by atoms with Crippen molar-refractivity contribution in [3.05, 3.63) is 65.7 Å². The van der Waals surface area contributed by atoms with Gasteiger partial charge in [0, 0.05) is 19.2 Å². The molecular weight excluding hydrogens is 267 g/mol. The van der Waals surface area contributed by atoms with Gasteiger partial charge in [-0.05, 0) is 30.3 Å². The lowest BCUT2D eigenvalue weighted by Crippen LogP contribution is -2.30. The standard InChI is InChI=1S/C17H19FN2O/c1-2-20(12-15-8-5-6-10-19-15)13-16(21)11-14-7-3-4-9-17(14)18/h3-10H,2,11-13H2,1H3. The van der Waals surface area contributed by atoms with Crippen molar-refractivity contribution in [2.24, 2.45) is 0 Å². The molecule has 1 heterocycles. The topological polar surface area (TPSA) is 33.2 Å². The summed E-state index contributed by atoms with van der Waals surface area (Å²) in [5.41, 5.74) is 1.38. The minimum absolute atomic E-state index is 0.0119. The number of pyridine rings is 1. The van der Waals surface area contributed by atoms with Gasteiger partial charge in [0.05, 0.1) is 12.2 Å². The first kappa shape index (κ1) is 15.3. The lowest BCUT2D eigenvalue weighted by molar-refractivity contribution is -0.119. The minimum Gasteiger partial charge on any atom is -0.298 e. The maximum Gasteiger partial charge on any atom is 0.151 e. The number of aromatic nitrogens is 1. The van der Waals surface area contributed by atoms with E-state index in [-0.39, 0.29) is 18.0 Å². The molecule has 0 radical (unpaired) electrons. The van der Waals surface area contributed by atoms with Crippen LogP contribution >= 0.6 is 0 Å². The molecule has 2 rings (SSSR count). The Labute approximate surface area is 124 Å². The Morgan fingerprint density at radius 1 is 1.19 bits per heavy atom. The van der Waals surface area contributed by atoms with E-state index in [2.05, 4.69) is 4.98 Å². The van der Waals surface area contributed by atoms with Gasteiger partial charge < -0.3 is 0 Å². The number of hydrogen-bond acceptors (Lipinski definition) is 3. The molecule has 0 saturated heterocycles. The van der Waals surface area contributed by atoms with E-state index in [1.165, 1.54) is 6.07 Å². The molecule has 21 heavy (non-hydrogen) atoms. The van der Waals surface area contributed by atoms with Crippen LogP contribution in [0.5, 0.6) is 0 Å². The Morgan fingerprint density at radius 3 is 2.62 bits per heavy atom. The largest absolute Gasteiger partial charge is 0.298 e. The van der Waals surface area contributed by atoms with Crippen LogP contribution < -0.4 is 0 Å². The Bertz CT molecular complexity index is 586. The number of Topliss-reactive ketones (excluding diaryl/α,β-unsaturated/α-hetero) is 1. The summed E-state index contributed by atoms with van der Waals surface area (Å²) in [6.07, 6.45) is 1.87. The van der Waals surface area contributed by atoms with Crippen LogP contribution in [0.2, 0.25) is 0 Å². The van der Waals surface area contributed by atoms with E-state index in [1.54, 1.807) is 24.4 Å². The first-order chi connectivity index (χ1) is 10.2. The maximum atomic E-state index is 13.5. The molecule has 0 fully saturated rings. The smallest absolute Gasteiger partial charge is 0.151 e. The third-order valence-corrected chi connectivity index (χ3v) is 3.30. The lowest BCUT2D eigenvalue weighted by Gasteiger charge is -2.19. The first-order valence-electron chi connectivity index (χ1n) is 7.06. The van der Waals surface area contributed by atoms with Crippen LogP contribution in [0, 0.1) is 5.82 Å². The predicted molar refractivity (Wildman–Crippen MR) is 80.3 cm³/mol.